The van der Waals surface area contributed by atoms with Crippen LogP contribution in [0.25, 0.3) is 0 Å². The van der Waals surface area contributed by atoms with Gasteiger partial charge in [0, 0.05) is 16.3 Å². The zero-order chi connectivity index (χ0) is 24.0. The van der Waals surface area contributed by atoms with Crippen LogP contribution in [0.5, 0.6) is 5.75 Å². The molecule has 0 aliphatic carbocycles. The molecule has 0 heterocycles. The van der Waals surface area contributed by atoms with E-state index in [9.17, 15) is 13.2 Å². The van der Waals surface area contributed by atoms with E-state index in [1.54, 1.807) is 36.0 Å². The smallest absolute Gasteiger partial charge is 0.247 e. The van der Waals surface area contributed by atoms with Crippen molar-refractivity contribution < 1.29 is 17.9 Å². The molecule has 1 atom stereocenters. The standard InChI is InChI=1S/C24H25ClN2O4S2/c1-17(27(33(3,29)30)20-13-14-23(31-2)22(25)15-20)24(28)26-19-11-9-18(10-12-19)16-32-21-7-5-4-6-8-21/h4-15,17H,16H2,1-3H3,(H,26,28)/t17-/m1/s1. The number of nitrogens with one attached hydrogen (secondary N) is 1. The summed E-state index contributed by atoms with van der Waals surface area (Å²) in [6.45, 7) is 1.53. The SMILES string of the molecule is COc1ccc(N([C@H](C)C(=O)Nc2ccc(CSc3ccccc3)cc2)S(C)(=O)=O)cc1Cl. The van der Waals surface area contributed by atoms with Crippen LogP contribution >= 0.6 is 23.4 Å². The molecule has 1 amide bonds. The Balaban J connectivity index is 1.70. The molecule has 0 aliphatic rings. The van der Waals surface area contributed by atoms with E-state index in [0.717, 1.165) is 21.9 Å². The van der Waals surface area contributed by atoms with Gasteiger partial charge in [-0.3, -0.25) is 9.10 Å². The molecule has 1 N–H and O–H groups in total. The van der Waals surface area contributed by atoms with Gasteiger partial charge in [0.25, 0.3) is 0 Å². The molecule has 0 bridgehead atoms. The Bertz CT molecular complexity index is 1200. The number of amides is 1. The Labute approximate surface area is 204 Å². The molecule has 3 aromatic carbocycles. The minimum Gasteiger partial charge on any atom is -0.495 e. The highest BCUT2D eigenvalue weighted by molar-refractivity contribution is 7.98. The van der Waals surface area contributed by atoms with Crippen LogP contribution in [-0.2, 0) is 20.6 Å². The van der Waals surface area contributed by atoms with Crippen molar-refractivity contribution >= 4 is 50.7 Å². The summed E-state index contributed by atoms with van der Waals surface area (Å²) in [5.74, 6) is 0.754. The highest BCUT2D eigenvalue weighted by Crippen LogP contribution is 2.31. The fourth-order valence-electron chi connectivity index (χ4n) is 3.22. The summed E-state index contributed by atoms with van der Waals surface area (Å²) in [6, 6.07) is 21.2. The average molecular weight is 505 g/mol. The number of carbonyl (C=O) groups is 1. The summed E-state index contributed by atoms with van der Waals surface area (Å²) in [6.07, 6.45) is 1.05. The number of sulfonamides is 1. The normalized spacial score (nSPS) is 12.1. The molecule has 0 spiro atoms. The number of methoxy groups -OCH3 is 1. The first-order valence-electron chi connectivity index (χ1n) is 10.1. The van der Waals surface area contributed by atoms with Crippen molar-refractivity contribution in [3.63, 3.8) is 0 Å². The van der Waals surface area contributed by atoms with Crippen molar-refractivity contribution in [3.05, 3.63) is 83.4 Å². The molecule has 0 aliphatic heterocycles. The number of benzene rings is 3. The van der Waals surface area contributed by atoms with Gasteiger partial charge in [0.2, 0.25) is 15.9 Å². The van der Waals surface area contributed by atoms with Gasteiger partial charge in [-0.1, -0.05) is 41.9 Å². The second-order valence-electron chi connectivity index (χ2n) is 7.34. The third-order valence-corrected chi connectivity index (χ3v) is 7.47. The van der Waals surface area contributed by atoms with Crippen molar-refractivity contribution in [2.24, 2.45) is 0 Å². The summed E-state index contributed by atoms with van der Waals surface area (Å²) >= 11 is 7.89. The third kappa shape index (κ3) is 6.66. The molecule has 0 aromatic heterocycles. The van der Waals surface area contributed by atoms with Crippen molar-refractivity contribution in [1.82, 2.24) is 0 Å². The maximum Gasteiger partial charge on any atom is 0.247 e. The fourth-order valence-corrected chi connectivity index (χ4v) is 5.51. The number of anilines is 2. The van der Waals surface area contributed by atoms with Gasteiger partial charge in [0.05, 0.1) is 24.1 Å². The molecule has 3 rings (SSSR count). The fraction of sp³-hybridized carbons (Fsp3) is 0.208. The molecule has 6 nitrogen and oxygen atoms in total. The number of rotatable bonds is 9. The number of nitrogens with zero attached hydrogens (tertiary/aromatic N) is 1. The Hall–Kier alpha value is -2.68. The maximum absolute atomic E-state index is 12.9. The largest absolute Gasteiger partial charge is 0.495 e. The van der Waals surface area contributed by atoms with E-state index in [1.165, 1.54) is 25.0 Å². The van der Waals surface area contributed by atoms with Crippen molar-refractivity contribution in [2.75, 3.05) is 23.0 Å². The molecular weight excluding hydrogens is 480 g/mol. The lowest BCUT2D eigenvalue weighted by Crippen LogP contribution is -2.45. The maximum atomic E-state index is 12.9. The quantitative estimate of drug-likeness (QED) is 0.393. The molecule has 0 unspecified atom stereocenters. The van der Waals surface area contributed by atoms with Crippen LogP contribution in [0.15, 0.2) is 77.7 Å². The molecule has 0 saturated carbocycles. The number of thioether (sulfide) groups is 1. The summed E-state index contributed by atoms with van der Waals surface area (Å²) < 4.78 is 31.2. The Morgan fingerprint density at radius 3 is 2.33 bits per heavy atom. The van der Waals surface area contributed by atoms with E-state index < -0.39 is 22.0 Å². The van der Waals surface area contributed by atoms with Crippen molar-refractivity contribution in [3.8, 4) is 5.75 Å². The van der Waals surface area contributed by atoms with Crippen LogP contribution in [0, 0.1) is 0 Å². The highest BCUT2D eigenvalue weighted by Gasteiger charge is 2.29. The predicted octanol–water partition coefficient (Wildman–Crippen LogP) is 5.43. The van der Waals surface area contributed by atoms with Gasteiger partial charge in [0.1, 0.15) is 11.8 Å². The van der Waals surface area contributed by atoms with Crippen LogP contribution in [0.2, 0.25) is 5.02 Å². The summed E-state index contributed by atoms with van der Waals surface area (Å²) in [5, 5.41) is 3.04. The number of halogens is 1. The van der Waals surface area contributed by atoms with Crippen LogP contribution in [-0.4, -0.2) is 33.7 Å². The summed E-state index contributed by atoms with van der Waals surface area (Å²) in [5.41, 5.74) is 1.97. The Kier molecular flexibility index (Phi) is 8.29. The number of ether oxygens (including phenoxy) is 1. The molecule has 9 heteroatoms. The van der Waals surface area contributed by atoms with Crippen LogP contribution in [0.1, 0.15) is 12.5 Å². The topological polar surface area (TPSA) is 75.7 Å². The average Bonchev–Trinajstić information content (AvgIpc) is 2.78. The first-order chi connectivity index (χ1) is 15.7. The first-order valence-corrected chi connectivity index (χ1v) is 13.3. The lowest BCUT2D eigenvalue weighted by atomic mass is 10.2. The Morgan fingerprint density at radius 2 is 1.76 bits per heavy atom. The zero-order valence-electron chi connectivity index (χ0n) is 18.5. The van der Waals surface area contributed by atoms with Gasteiger partial charge < -0.3 is 10.1 Å². The predicted molar refractivity (Wildman–Crippen MR) is 136 cm³/mol. The van der Waals surface area contributed by atoms with Gasteiger partial charge >= 0.3 is 0 Å². The molecule has 174 valence electrons. The molecule has 0 radical (unpaired) electrons. The van der Waals surface area contributed by atoms with E-state index in [2.05, 4.69) is 17.4 Å². The zero-order valence-corrected chi connectivity index (χ0v) is 20.9. The van der Waals surface area contributed by atoms with E-state index in [4.69, 9.17) is 16.3 Å². The summed E-state index contributed by atoms with van der Waals surface area (Å²) in [4.78, 5) is 14.1. The number of carbonyl (C=O) groups excluding carboxylic acids is 1. The molecule has 33 heavy (non-hydrogen) atoms. The summed E-state index contributed by atoms with van der Waals surface area (Å²) in [7, 11) is -2.29. The minimum absolute atomic E-state index is 0.250. The van der Waals surface area contributed by atoms with Crippen LogP contribution in [0.3, 0.4) is 0 Å². The lowest BCUT2D eigenvalue weighted by molar-refractivity contribution is -0.116. The second kappa shape index (κ2) is 11.0. The van der Waals surface area contributed by atoms with Gasteiger partial charge in [-0.25, -0.2) is 8.42 Å². The van der Waals surface area contributed by atoms with Crippen molar-refractivity contribution in [2.45, 2.75) is 23.6 Å². The molecular formula is C24H25ClN2O4S2. The monoisotopic (exact) mass is 504 g/mol. The van der Waals surface area contributed by atoms with E-state index in [1.807, 2.05) is 30.3 Å². The van der Waals surface area contributed by atoms with E-state index >= 15 is 0 Å². The minimum atomic E-state index is -3.76. The van der Waals surface area contributed by atoms with Gasteiger partial charge in [-0.05, 0) is 55.0 Å². The van der Waals surface area contributed by atoms with E-state index in [-0.39, 0.29) is 10.7 Å². The second-order valence-corrected chi connectivity index (χ2v) is 10.7. The van der Waals surface area contributed by atoms with Crippen LogP contribution in [0.4, 0.5) is 11.4 Å². The molecule has 0 saturated heterocycles. The van der Waals surface area contributed by atoms with E-state index in [0.29, 0.717) is 11.4 Å². The van der Waals surface area contributed by atoms with Gasteiger partial charge in [-0.2, -0.15) is 0 Å². The highest BCUT2D eigenvalue weighted by atomic mass is 35.5. The van der Waals surface area contributed by atoms with Crippen LogP contribution < -0.4 is 14.4 Å². The number of hydrogen-bond donors (Lipinski definition) is 1. The number of hydrogen-bond acceptors (Lipinski definition) is 5. The molecule has 0 fully saturated rings. The Morgan fingerprint density at radius 1 is 1.09 bits per heavy atom. The first kappa shape index (κ1) is 25.0. The third-order valence-electron chi connectivity index (χ3n) is 4.85. The molecule has 3 aromatic rings. The van der Waals surface area contributed by atoms with Gasteiger partial charge in [-0.15, -0.1) is 11.8 Å². The van der Waals surface area contributed by atoms with Crippen molar-refractivity contribution in [1.29, 1.82) is 0 Å². The lowest BCUT2D eigenvalue weighted by Gasteiger charge is -2.28. The van der Waals surface area contributed by atoms with Gasteiger partial charge in [0.15, 0.2) is 0 Å².